The van der Waals surface area contributed by atoms with Gasteiger partial charge in [-0.15, -0.1) is 0 Å². The van der Waals surface area contributed by atoms with Crippen LogP contribution in [-0.2, 0) is 15.1 Å². The molecule has 0 bridgehead atoms. The maximum atomic E-state index is 13.3. The number of ether oxygens (including phenoxy) is 2. The number of carbonyl (C=O) groups is 1. The Labute approximate surface area is 195 Å². The summed E-state index contributed by atoms with van der Waals surface area (Å²) >= 11 is 3.54. The molecule has 1 heterocycles. The summed E-state index contributed by atoms with van der Waals surface area (Å²) in [6.45, 7) is 2.12. The van der Waals surface area contributed by atoms with Gasteiger partial charge in [0, 0.05) is 21.2 Å². The first-order chi connectivity index (χ1) is 15.6. The average molecular weight is 485 g/mol. The highest BCUT2D eigenvalue weighted by molar-refractivity contribution is 9.10. The van der Waals surface area contributed by atoms with Crippen LogP contribution < -0.4 is 4.74 Å². The van der Waals surface area contributed by atoms with Gasteiger partial charge in [-0.05, 0) is 42.0 Å². The molecule has 1 aliphatic heterocycles. The van der Waals surface area contributed by atoms with Crippen LogP contribution in [0, 0.1) is 0 Å². The van der Waals surface area contributed by atoms with E-state index in [0.717, 1.165) is 31.9 Å². The van der Waals surface area contributed by atoms with Crippen molar-refractivity contribution >= 4 is 38.2 Å². The van der Waals surface area contributed by atoms with Crippen molar-refractivity contribution < 1.29 is 14.3 Å². The van der Waals surface area contributed by atoms with Crippen molar-refractivity contribution in [2.75, 3.05) is 6.61 Å². The largest absolute Gasteiger partial charge is 0.473 e. The van der Waals surface area contributed by atoms with Crippen LogP contribution in [0.1, 0.15) is 23.6 Å². The summed E-state index contributed by atoms with van der Waals surface area (Å²) in [5.41, 5.74) is 2.19. The van der Waals surface area contributed by atoms with Gasteiger partial charge in [-0.3, -0.25) is 0 Å². The summed E-state index contributed by atoms with van der Waals surface area (Å²) in [6.07, 6.45) is 1.92. The number of hydrogen-bond donors (Lipinski definition) is 0. The molecule has 0 fully saturated rings. The zero-order valence-electron chi connectivity index (χ0n) is 17.5. The van der Waals surface area contributed by atoms with Crippen molar-refractivity contribution in [2.45, 2.75) is 12.5 Å². The lowest BCUT2D eigenvalue weighted by atomic mass is 9.80. The van der Waals surface area contributed by atoms with E-state index < -0.39 is 5.60 Å². The van der Waals surface area contributed by atoms with Gasteiger partial charge in [-0.2, -0.15) is 0 Å². The van der Waals surface area contributed by atoms with Crippen molar-refractivity contribution in [3.8, 4) is 5.75 Å². The number of benzene rings is 4. The molecule has 3 nitrogen and oxygen atoms in total. The Kier molecular flexibility index (Phi) is 5.32. The molecule has 0 aromatic heterocycles. The van der Waals surface area contributed by atoms with Crippen molar-refractivity contribution in [3.63, 3.8) is 0 Å². The van der Waals surface area contributed by atoms with Gasteiger partial charge in [0.25, 0.3) is 0 Å². The smallest absolute Gasteiger partial charge is 0.338 e. The fourth-order valence-corrected chi connectivity index (χ4v) is 4.69. The van der Waals surface area contributed by atoms with Gasteiger partial charge in [-0.25, -0.2) is 4.79 Å². The molecule has 0 unspecified atom stereocenters. The normalized spacial score (nSPS) is 14.2. The number of esters is 1. The molecule has 0 spiro atoms. The van der Waals surface area contributed by atoms with Gasteiger partial charge in [-0.1, -0.05) is 88.7 Å². The second-order valence-electron chi connectivity index (χ2n) is 7.65. The predicted octanol–water partition coefficient (Wildman–Crippen LogP) is 6.89. The fourth-order valence-electron chi connectivity index (χ4n) is 4.31. The van der Waals surface area contributed by atoms with E-state index in [4.69, 9.17) is 9.47 Å². The molecular weight excluding hydrogens is 464 g/mol. The first kappa shape index (κ1) is 20.5. The zero-order chi connectivity index (χ0) is 22.1. The molecule has 0 aliphatic carbocycles. The molecule has 0 saturated carbocycles. The molecule has 4 heteroatoms. The molecule has 158 valence electrons. The topological polar surface area (TPSA) is 35.5 Å². The van der Waals surface area contributed by atoms with Crippen LogP contribution in [0.15, 0.2) is 102 Å². The summed E-state index contributed by atoms with van der Waals surface area (Å²) < 4.78 is 13.3. The van der Waals surface area contributed by atoms with E-state index in [2.05, 4.69) is 15.9 Å². The average Bonchev–Trinajstić information content (AvgIpc) is 2.84. The summed E-state index contributed by atoms with van der Waals surface area (Å²) in [5, 5.41) is 1.96. The zero-order valence-corrected chi connectivity index (χ0v) is 19.1. The van der Waals surface area contributed by atoms with E-state index in [0.29, 0.717) is 17.9 Å². The second-order valence-corrected chi connectivity index (χ2v) is 8.57. The number of halogens is 1. The van der Waals surface area contributed by atoms with Gasteiger partial charge >= 0.3 is 5.97 Å². The molecule has 5 rings (SSSR count). The van der Waals surface area contributed by atoms with Crippen molar-refractivity contribution in [1.29, 1.82) is 0 Å². The van der Waals surface area contributed by atoms with Crippen molar-refractivity contribution in [1.82, 2.24) is 0 Å². The Bertz CT molecular complexity index is 1290. The van der Waals surface area contributed by atoms with Crippen LogP contribution in [0.2, 0.25) is 0 Å². The molecule has 4 aromatic carbocycles. The Morgan fingerprint density at radius 1 is 0.906 bits per heavy atom. The SMILES string of the molecule is CCOC(=O)C1=CC(c2ccccc2)(c2ccccc2)Oc2ccc3cc(Br)ccc3c21. The second kappa shape index (κ2) is 8.29. The highest BCUT2D eigenvalue weighted by atomic mass is 79.9. The van der Waals surface area contributed by atoms with Gasteiger partial charge in [0.2, 0.25) is 0 Å². The summed E-state index contributed by atoms with van der Waals surface area (Å²) in [5.74, 6) is 0.293. The lowest BCUT2D eigenvalue weighted by molar-refractivity contribution is -0.136. The molecule has 0 N–H and O–H groups in total. The highest BCUT2D eigenvalue weighted by Gasteiger charge is 2.41. The van der Waals surface area contributed by atoms with E-state index in [1.54, 1.807) is 0 Å². The van der Waals surface area contributed by atoms with E-state index in [-0.39, 0.29) is 5.97 Å². The number of rotatable bonds is 4. The summed E-state index contributed by atoms with van der Waals surface area (Å²) in [7, 11) is 0. The summed E-state index contributed by atoms with van der Waals surface area (Å²) in [6, 6.07) is 29.9. The summed E-state index contributed by atoms with van der Waals surface area (Å²) in [4.78, 5) is 13.3. The Morgan fingerprint density at radius 3 is 2.19 bits per heavy atom. The minimum Gasteiger partial charge on any atom is -0.473 e. The van der Waals surface area contributed by atoms with Gasteiger partial charge < -0.3 is 9.47 Å². The van der Waals surface area contributed by atoms with E-state index in [9.17, 15) is 4.79 Å². The monoisotopic (exact) mass is 484 g/mol. The van der Waals surface area contributed by atoms with E-state index >= 15 is 0 Å². The van der Waals surface area contributed by atoms with Gasteiger partial charge in [0.1, 0.15) is 5.75 Å². The lowest BCUT2D eigenvalue weighted by Gasteiger charge is -2.38. The van der Waals surface area contributed by atoms with Gasteiger partial charge in [0.15, 0.2) is 5.60 Å². The molecule has 32 heavy (non-hydrogen) atoms. The lowest BCUT2D eigenvalue weighted by Crippen LogP contribution is -2.36. The quantitative estimate of drug-likeness (QED) is 0.296. The standard InChI is InChI=1S/C28H21BrO3/c1-2-31-27(30)24-18-28(20-9-5-3-6-10-20,21-11-7-4-8-12-21)32-25-16-13-19-17-22(29)14-15-23(19)26(24)25/h3-18H,2H2,1H3. The van der Waals surface area contributed by atoms with Crippen LogP contribution >= 0.6 is 15.9 Å². The van der Waals surface area contributed by atoms with Crippen LogP contribution in [0.25, 0.3) is 16.3 Å². The molecule has 0 amide bonds. The maximum Gasteiger partial charge on any atom is 0.338 e. The van der Waals surface area contributed by atoms with Crippen LogP contribution in [0.3, 0.4) is 0 Å². The first-order valence-electron chi connectivity index (χ1n) is 10.5. The minimum absolute atomic E-state index is 0.298. The third kappa shape index (κ3) is 3.41. The van der Waals surface area contributed by atoms with E-state index in [1.807, 2.05) is 104 Å². The third-order valence-corrected chi connectivity index (χ3v) is 6.23. The van der Waals surface area contributed by atoms with Crippen LogP contribution in [0.5, 0.6) is 5.75 Å². The maximum absolute atomic E-state index is 13.3. The molecule has 0 radical (unpaired) electrons. The highest BCUT2D eigenvalue weighted by Crippen LogP contribution is 2.47. The fraction of sp³-hybridized carbons (Fsp3) is 0.107. The van der Waals surface area contributed by atoms with Crippen molar-refractivity contribution in [2.24, 2.45) is 0 Å². The molecule has 0 atom stereocenters. The molecular formula is C28H21BrO3. The van der Waals surface area contributed by atoms with Gasteiger partial charge in [0.05, 0.1) is 12.2 Å². The van der Waals surface area contributed by atoms with E-state index in [1.165, 1.54) is 0 Å². The Hall–Kier alpha value is -3.37. The number of hydrogen-bond acceptors (Lipinski definition) is 3. The molecule has 4 aromatic rings. The number of carbonyl (C=O) groups excluding carboxylic acids is 1. The molecule has 0 saturated heterocycles. The first-order valence-corrected chi connectivity index (χ1v) is 11.3. The number of fused-ring (bicyclic) bond motifs is 3. The van der Waals surface area contributed by atoms with Crippen LogP contribution in [0.4, 0.5) is 0 Å². The Balaban J connectivity index is 1.84. The minimum atomic E-state index is -0.958. The predicted molar refractivity (Wildman–Crippen MR) is 131 cm³/mol. The third-order valence-electron chi connectivity index (χ3n) is 5.73. The van der Waals surface area contributed by atoms with Crippen molar-refractivity contribution in [3.05, 3.63) is 118 Å². The molecule has 1 aliphatic rings. The Morgan fingerprint density at radius 2 is 1.56 bits per heavy atom. The van der Waals surface area contributed by atoms with Crippen LogP contribution in [-0.4, -0.2) is 12.6 Å².